The number of hydrogen-bond acceptors (Lipinski definition) is 2. The molecule has 0 heterocycles. The highest BCUT2D eigenvalue weighted by atomic mass is 19.2. The Hall–Kier alpha value is -2.48. The normalized spacial score (nSPS) is 11.7. The van der Waals surface area contributed by atoms with Crippen molar-refractivity contribution in [2.45, 2.75) is 12.5 Å². The van der Waals surface area contributed by atoms with Crippen LogP contribution in [-0.2, 0) is 0 Å². The van der Waals surface area contributed by atoms with Crippen LogP contribution in [0.4, 0.5) is 18.9 Å². The van der Waals surface area contributed by atoms with Crippen LogP contribution >= 0.6 is 0 Å². The standard InChI is InChI=1S/C15H11F3N2/c16-12-8-11(9-13(17)15(12)18)20-14(6-7-19)10-4-2-1-3-5-10/h1-5,8-9,14,20H,6H2. The highest BCUT2D eigenvalue weighted by molar-refractivity contribution is 5.46. The second kappa shape index (κ2) is 6.11. The first kappa shape index (κ1) is 13.9. The summed E-state index contributed by atoms with van der Waals surface area (Å²) in [6.07, 6.45) is 0.116. The SMILES string of the molecule is N#CCC(Nc1cc(F)c(F)c(F)c1)c1ccccc1. The molecule has 1 atom stereocenters. The van der Waals surface area contributed by atoms with Crippen LogP contribution in [-0.4, -0.2) is 0 Å². The van der Waals surface area contributed by atoms with Crippen LogP contribution < -0.4 is 5.32 Å². The lowest BCUT2D eigenvalue weighted by Gasteiger charge is -2.18. The number of nitrogens with one attached hydrogen (secondary N) is 1. The molecule has 2 rings (SSSR count). The topological polar surface area (TPSA) is 35.8 Å². The fourth-order valence-corrected chi connectivity index (χ4v) is 1.87. The van der Waals surface area contributed by atoms with Crippen molar-refractivity contribution in [3.8, 4) is 6.07 Å². The second-order valence-electron chi connectivity index (χ2n) is 4.22. The van der Waals surface area contributed by atoms with Crippen molar-refractivity contribution in [1.29, 1.82) is 5.26 Å². The lowest BCUT2D eigenvalue weighted by Crippen LogP contribution is -2.11. The number of hydrogen-bond donors (Lipinski definition) is 1. The Morgan fingerprint density at radius 1 is 1.05 bits per heavy atom. The predicted molar refractivity (Wildman–Crippen MR) is 69.4 cm³/mol. The number of anilines is 1. The van der Waals surface area contributed by atoms with Crippen LogP contribution in [0.25, 0.3) is 0 Å². The molecule has 2 nitrogen and oxygen atoms in total. The van der Waals surface area contributed by atoms with Crippen molar-refractivity contribution in [2.24, 2.45) is 0 Å². The monoisotopic (exact) mass is 276 g/mol. The van der Waals surface area contributed by atoms with Crippen molar-refractivity contribution in [1.82, 2.24) is 0 Å². The van der Waals surface area contributed by atoms with Crippen LogP contribution in [0.5, 0.6) is 0 Å². The molecule has 0 aliphatic heterocycles. The Bertz CT molecular complexity index is 612. The van der Waals surface area contributed by atoms with E-state index in [2.05, 4.69) is 5.32 Å². The van der Waals surface area contributed by atoms with Gasteiger partial charge in [0.25, 0.3) is 0 Å². The predicted octanol–water partition coefficient (Wildman–Crippen LogP) is 4.17. The van der Waals surface area contributed by atoms with Crippen LogP contribution in [0.1, 0.15) is 18.0 Å². The van der Waals surface area contributed by atoms with Gasteiger partial charge in [-0.25, -0.2) is 13.2 Å². The Labute approximate surface area is 114 Å². The summed E-state index contributed by atoms with van der Waals surface area (Å²) in [7, 11) is 0. The van der Waals surface area contributed by atoms with Gasteiger partial charge in [-0.3, -0.25) is 0 Å². The fraction of sp³-hybridized carbons (Fsp3) is 0.133. The zero-order valence-electron chi connectivity index (χ0n) is 10.4. The quantitative estimate of drug-likeness (QED) is 0.851. The summed E-state index contributed by atoms with van der Waals surface area (Å²) < 4.78 is 39.2. The minimum absolute atomic E-state index is 0.0884. The zero-order valence-corrected chi connectivity index (χ0v) is 10.4. The average molecular weight is 276 g/mol. The van der Waals surface area contributed by atoms with E-state index >= 15 is 0 Å². The molecule has 0 aromatic heterocycles. The van der Waals surface area contributed by atoms with E-state index in [1.807, 2.05) is 12.1 Å². The molecular weight excluding hydrogens is 265 g/mol. The fourth-order valence-electron chi connectivity index (χ4n) is 1.87. The maximum absolute atomic E-state index is 13.2. The molecule has 1 N–H and O–H groups in total. The van der Waals surface area contributed by atoms with E-state index in [0.29, 0.717) is 0 Å². The molecule has 0 radical (unpaired) electrons. The Morgan fingerprint density at radius 2 is 1.65 bits per heavy atom. The van der Waals surface area contributed by atoms with Crippen LogP contribution in [0, 0.1) is 28.8 Å². The second-order valence-corrected chi connectivity index (χ2v) is 4.22. The van der Waals surface area contributed by atoms with Gasteiger partial charge in [0.15, 0.2) is 17.5 Å². The minimum Gasteiger partial charge on any atom is -0.377 e. The van der Waals surface area contributed by atoms with Gasteiger partial charge >= 0.3 is 0 Å². The third-order valence-electron chi connectivity index (χ3n) is 2.82. The van der Waals surface area contributed by atoms with Gasteiger partial charge in [0.2, 0.25) is 0 Å². The van der Waals surface area contributed by atoms with Gasteiger partial charge in [0, 0.05) is 17.8 Å². The smallest absolute Gasteiger partial charge is 0.194 e. The van der Waals surface area contributed by atoms with E-state index in [-0.39, 0.29) is 12.1 Å². The van der Waals surface area contributed by atoms with Crippen LogP contribution in [0.2, 0.25) is 0 Å². The Kier molecular flexibility index (Phi) is 4.26. The molecule has 0 saturated carbocycles. The van der Waals surface area contributed by atoms with Gasteiger partial charge in [0.1, 0.15) is 0 Å². The first-order chi connectivity index (χ1) is 9.61. The molecule has 0 aliphatic rings. The lowest BCUT2D eigenvalue weighted by atomic mass is 10.0. The molecule has 0 bridgehead atoms. The van der Waals surface area contributed by atoms with Crippen LogP contribution in [0.3, 0.4) is 0 Å². The van der Waals surface area contributed by atoms with Crippen molar-refractivity contribution in [2.75, 3.05) is 5.32 Å². The summed E-state index contributed by atoms with van der Waals surface area (Å²) in [5, 5.41) is 11.7. The first-order valence-electron chi connectivity index (χ1n) is 5.95. The molecule has 102 valence electrons. The van der Waals surface area contributed by atoms with E-state index < -0.39 is 23.5 Å². The molecule has 20 heavy (non-hydrogen) atoms. The van der Waals surface area contributed by atoms with Gasteiger partial charge in [-0.15, -0.1) is 0 Å². The highest BCUT2D eigenvalue weighted by Crippen LogP contribution is 2.24. The van der Waals surface area contributed by atoms with E-state index in [9.17, 15) is 13.2 Å². The van der Waals surface area contributed by atoms with Crippen molar-refractivity contribution < 1.29 is 13.2 Å². The third-order valence-corrected chi connectivity index (χ3v) is 2.82. The van der Waals surface area contributed by atoms with Gasteiger partial charge in [0.05, 0.1) is 18.5 Å². The van der Waals surface area contributed by atoms with Gasteiger partial charge in [-0.05, 0) is 5.56 Å². The highest BCUT2D eigenvalue weighted by Gasteiger charge is 2.15. The molecule has 0 saturated heterocycles. The number of rotatable bonds is 4. The molecule has 2 aromatic rings. The summed E-state index contributed by atoms with van der Waals surface area (Å²) in [6, 6.07) is 12.3. The summed E-state index contributed by atoms with van der Waals surface area (Å²) in [4.78, 5) is 0. The van der Waals surface area contributed by atoms with E-state index in [1.54, 1.807) is 24.3 Å². The van der Waals surface area contributed by atoms with Crippen LogP contribution in [0.15, 0.2) is 42.5 Å². The lowest BCUT2D eigenvalue weighted by molar-refractivity contribution is 0.447. The largest absolute Gasteiger partial charge is 0.377 e. The maximum Gasteiger partial charge on any atom is 0.194 e. The molecule has 1 unspecified atom stereocenters. The number of benzene rings is 2. The molecule has 2 aromatic carbocycles. The number of nitriles is 1. The Balaban J connectivity index is 2.28. The number of nitrogens with zero attached hydrogens (tertiary/aromatic N) is 1. The molecular formula is C15H11F3N2. The number of halogens is 3. The molecule has 0 spiro atoms. The van der Waals surface area contributed by atoms with E-state index in [0.717, 1.165) is 17.7 Å². The van der Waals surface area contributed by atoms with Gasteiger partial charge in [-0.1, -0.05) is 30.3 Å². The summed E-state index contributed by atoms with van der Waals surface area (Å²) in [5.74, 6) is -4.04. The van der Waals surface area contributed by atoms with E-state index in [4.69, 9.17) is 5.26 Å². The molecule has 0 amide bonds. The molecule has 0 aliphatic carbocycles. The van der Waals surface area contributed by atoms with Gasteiger partial charge in [-0.2, -0.15) is 5.26 Å². The Morgan fingerprint density at radius 3 is 2.20 bits per heavy atom. The summed E-state index contributed by atoms with van der Waals surface area (Å²) in [5.41, 5.74) is 0.893. The first-order valence-corrected chi connectivity index (χ1v) is 5.95. The maximum atomic E-state index is 13.2. The summed E-state index contributed by atoms with van der Waals surface area (Å²) >= 11 is 0. The van der Waals surface area contributed by atoms with Gasteiger partial charge < -0.3 is 5.32 Å². The van der Waals surface area contributed by atoms with Crippen molar-refractivity contribution in [3.63, 3.8) is 0 Å². The van der Waals surface area contributed by atoms with E-state index in [1.165, 1.54) is 0 Å². The molecule has 5 heteroatoms. The average Bonchev–Trinajstić information content (AvgIpc) is 2.45. The summed E-state index contributed by atoms with van der Waals surface area (Å²) in [6.45, 7) is 0. The molecule has 0 fully saturated rings. The zero-order chi connectivity index (χ0) is 14.5. The third kappa shape index (κ3) is 3.09. The minimum atomic E-state index is -1.51. The van der Waals surface area contributed by atoms with Crippen molar-refractivity contribution >= 4 is 5.69 Å². The van der Waals surface area contributed by atoms with Crippen molar-refractivity contribution in [3.05, 3.63) is 65.5 Å².